The monoisotopic (exact) mass is 517 g/mol. The van der Waals surface area contributed by atoms with E-state index in [1.165, 1.54) is 12.1 Å². The van der Waals surface area contributed by atoms with Gasteiger partial charge in [-0.2, -0.15) is 0 Å². The Hall–Kier alpha value is -2.72. The first kappa shape index (κ1) is 27.9. The van der Waals surface area contributed by atoms with Gasteiger partial charge in [0.25, 0.3) is 0 Å². The molecule has 3 rings (SSSR count). The van der Waals surface area contributed by atoms with Crippen molar-refractivity contribution in [2.45, 2.75) is 64.2 Å². The molecule has 1 fully saturated rings. The van der Waals surface area contributed by atoms with Crippen molar-refractivity contribution in [1.29, 1.82) is 0 Å². The average Bonchev–Trinajstić information content (AvgIpc) is 2.81. The largest absolute Gasteiger partial charge is 0.591 e. The lowest BCUT2D eigenvalue weighted by molar-refractivity contribution is 0.0240. The molecule has 2 heterocycles. The maximum atomic E-state index is 13.6. The van der Waals surface area contributed by atoms with E-state index in [9.17, 15) is 13.7 Å². The Balaban J connectivity index is 1.79. The quantitative estimate of drug-likeness (QED) is 0.428. The number of hydrogen-bond acceptors (Lipinski definition) is 7. The molecule has 1 aliphatic rings. The van der Waals surface area contributed by atoms with Crippen molar-refractivity contribution < 1.29 is 18.5 Å². The maximum Gasteiger partial charge on any atom is 0.410 e. The van der Waals surface area contributed by atoms with Crippen molar-refractivity contribution in [3.8, 4) is 0 Å². The molecule has 1 amide bonds. The van der Waals surface area contributed by atoms with Crippen molar-refractivity contribution in [3.63, 3.8) is 0 Å². The molecule has 1 aromatic carbocycles. The normalized spacial score (nSPS) is 17.7. The fourth-order valence-electron chi connectivity index (χ4n) is 3.59. The first-order valence-corrected chi connectivity index (χ1v) is 13.1. The smallest absolute Gasteiger partial charge is 0.410 e. The number of rotatable bonds is 5. The molecule has 1 saturated heterocycles. The molecule has 0 saturated carbocycles. The van der Waals surface area contributed by atoms with Gasteiger partial charge in [-0.15, -0.1) is 0 Å². The van der Waals surface area contributed by atoms with Gasteiger partial charge in [-0.3, -0.25) is 0 Å². The summed E-state index contributed by atoms with van der Waals surface area (Å²) >= 11 is -1.45. The summed E-state index contributed by atoms with van der Waals surface area (Å²) in [5, 5.41) is 0. The fourth-order valence-corrected chi connectivity index (χ4v) is 4.21. The van der Waals surface area contributed by atoms with Gasteiger partial charge in [0.2, 0.25) is 5.95 Å². The molecule has 1 unspecified atom stereocenters. The summed E-state index contributed by atoms with van der Waals surface area (Å²) < 4.78 is 35.5. The predicted octanol–water partition coefficient (Wildman–Crippen LogP) is 4.51. The van der Waals surface area contributed by atoms with Gasteiger partial charge in [0.1, 0.15) is 27.5 Å². The lowest BCUT2D eigenvalue weighted by Crippen LogP contribution is -2.50. The highest BCUT2D eigenvalue weighted by molar-refractivity contribution is 7.91. The molecular formula is C26H36FN5O3S. The summed E-state index contributed by atoms with van der Waals surface area (Å²) in [5.74, 6) is 0.215. The lowest BCUT2D eigenvalue weighted by atomic mass is 9.78. The van der Waals surface area contributed by atoms with Crippen LogP contribution in [-0.4, -0.2) is 68.3 Å². The van der Waals surface area contributed by atoms with Crippen LogP contribution in [0.1, 0.15) is 59.6 Å². The third kappa shape index (κ3) is 6.94. The Morgan fingerprint density at radius 3 is 2.06 bits per heavy atom. The second kappa shape index (κ2) is 10.7. The van der Waals surface area contributed by atoms with E-state index in [0.717, 1.165) is 11.1 Å². The van der Waals surface area contributed by atoms with E-state index in [2.05, 4.69) is 14.4 Å². The minimum atomic E-state index is -1.45. The SMILES string of the molecule is CC(C)(C)OC(=O)N1CCN(c2ncc([C@@](C)(/C=N\[S+]([O-])C(C)(C)C)c3ccc(F)cc3)cn2)CC1. The van der Waals surface area contributed by atoms with Crippen LogP contribution in [0, 0.1) is 5.82 Å². The van der Waals surface area contributed by atoms with Crippen LogP contribution in [-0.2, 0) is 21.5 Å². The minimum Gasteiger partial charge on any atom is -0.591 e. The molecule has 1 aliphatic heterocycles. The van der Waals surface area contributed by atoms with Gasteiger partial charge in [0, 0.05) is 44.1 Å². The predicted molar refractivity (Wildman–Crippen MR) is 141 cm³/mol. The van der Waals surface area contributed by atoms with Gasteiger partial charge in [0.15, 0.2) is 0 Å². The highest BCUT2D eigenvalue weighted by Crippen LogP contribution is 2.31. The number of anilines is 1. The number of aromatic nitrogens is 2. The Labute approximate surface area is 216 Å². The van der Waals surface area contributed by atoms with E-state index in [1.807, 2.05) is 53.4 Å². The van der Waals surface area contributed by atoms with Crippen LogP contribution in [0.25, 0.3) is 0 Å². The van der Waals surface area contributed by atoms with E-state index in [0.29, 0.717) is 32.1 Å². The zero-order valence-electron chi connectivity index (χ0n) is 22.1. The summed E-state index contributed by atoms with van der Waals surface area (Å²) in [6.07, 6.45) is 4.76. The Morgan fingerprint density at radius 2 is 1.56 bits per heavy atom. The number of carbonyl (C=O) groups excluding carboxylic acids is 1. The summed E-state index contributed by atoms with van der Waals surface area (Å²) in [6, 6.07) is 6.15. The van der Waals surface area contributed by atoms with Crippen LogP contribution in [0.3, 0.4) is 0 Å². The van der Waals surface area contributed by atoms with Gasteiger partial charge in [-0.25, -0.2) is 19.2 Å². The summed E-state index contributed by atoms with van der Waals surface area (Å²) in [5.41, 5.74) is 0.163. The molecule has 1 aromatic heterocycles. The topological polar surface area (TPSA) is 94.0 Å². The van der Waals surface area contributed by atoms with Gasteiger partial charge in [-0.05, 0) is 66.2 Å². The molecular weight excluding hydrogens is 481 g/mol. The second-order valence-corrected chi connectivity index (χ2v) is 13.0. The number of hydrogen-bond donors (Lipinski definition) is 0. The first-order valence-electron chi connectivity index (χ1n) is 12.0. The second-order valence-electron chi connectivity index (χ2n) is 11.0. The van der Waals surface area contributed by atoms with Crippen molar-refractivity contribution in [2.24, 2.45) is 4.40 Å². The van der Waals surface area contributed by atoms with Crippen LogP contribution < -0.4 is 4.90 Å². The van der Waals surface area contributed by atoms with Crippen molar-refractivity contribution >= 4 is 29.6 Å². The highest BCUT2D eigenvalue weighted by Gasteiger charge is 2.33. The number of benzene rings is 1. The Kier molecular flexibility index (Phi) is 8.30. The van der Waals surface area contributed by atoms with Crippen LogP contribution in [0.5, 0.6) is 0 Å². The molecule has 0 spiro atoms. The zero-order valence-corrected chi connectivity index (χ0v) is 22.9. The van der Waals surface area contributed by atoms with Crippen LogP contribution in [0.4, 0.5) is 15.1 Å². The van der Waals surface area contributed by atoms with Crippen molar-refractivity contribution in [3.05, 3.63) is 53.6 Å². The molecule has 10 heteroatoms. The Bertz CT molecular complexity index is 1060. The summed E-state index contributed by atoms with van der Waals surface area (Å²) in [7, 11) is 0. The van der Waals surface area contributed by atoms with Crippen LogP contribution in [0.15, 0.2) is 41.1 Å². The summed E-state index contributed by atoms with van der Waals surface area (Å²) in [4.78, 5) is 25.2. The van der Waals surface area contributed by atoms with E-state index in [4.69, 9.17) is 4.74 Å². The molecule has 0 bridgehead atoms. The van der Waals surface area contributed by atoms with Crippen molar-refractivity contribution in [1.82, 2.24) is 14.9 Å². The zero-order chi connectivity index (χ0) is 26.7. The molecule has 36 heavy (non-hydrogen) atoms. The molecule has 8 nitrogen and oxygen atoms in total. The Morgan fingerprint density at radius 1 is 1.00 bits per heavy atom. The van der Waals surface area contributed by atoms with E-state index >= 15 is 0 Å². The standard InChI is InChI=1S/C26H36FN5O3S/c1-24(2,3)35-23(33)32-14-12-31(13-15-32)22-28-16-20(17-29-22)26(7,18-30-36(34)25(4,5)6)19-8-10-21(27)11-9-19/h8-11,16-18H,12-15H2,1-7H3/b30-18-/t26-,36?/m0/s1. The van der Waals surface area contributed by atoms with Crippen LogP contribution >= 0.6 is 0 Å². The van der Waals surface area contributed by atoms with Gasteiger partial charge < -0.3 is 19.1 Å². The molecule has 2 aromatic rings. The number of amides is 1. The van der Waals surface area contributed by atoms with Gasteiger partial charge >= 0.3 is 6.09 Å². The fraction of sp³-hybridized carbons (Fsp3) is 0.538. The highest BCUT2D eigenvalue weighted by atomic mass is 32.2. The molecule has 0 N–H and O–H groups in total. The van der Waals surface area contributed by atoms with Crippen molar-refractivity contribution in [2.75, 3.05) is 31.1 Å². The number of ether oxygens (including phenoxy) is 1. The molecule has 0 radical (unpaired) electrons. The third-order valence-electron chi connectivity index (χ3n) is 5.83. The van der Waals surface area contributed by atoms with Gasteiger partial charge in [0.05, 0.1) is 11.6 Å². The van der Waals surface area contributed by atoms with Crippen LogP contribution in [0.2, 0.25) is 0 Å². The first-order chi connectivity index (χ1) is 16.7. The third-order valence-corrected chi connectivity index (χ3v) is 7.17. The lowest BCUT2D eigenvalue weighted by Gasteiger charge is -2.35. The number of carbonyl (C=O) groups is 1. The van der Waals surface area contributed by atoms with Gasteiger partial charge in [-0.1, -0.05) is 16.5 Å². The average molecular weight is 518 g/mol. The molecule has 2 atom stereocenters. The maximum absolute atomic E-state index is 13.6. The molecule has 0 aliphatic carbocycles. The number of nitrogens with zero attached hydrogens (tertiary/aromatic N) is 5. The number of halogens is 1. The van der Waals surface area contributed by atoms with E-state index in [-0.39, 0.29) is 11.9 Å². The summed E-state index contributed by atoms with van der Waals surface area (Å²) in [6.45, 7) is 15.2. The molecule has 196 valence electrons. The number of piperazine rings is 1. The van der Waals surface area contributed by atoms with E-state index < -0.39 is 27.1 Å². The minimum absolute atomic E-state index is 0.319. The van der Waals surface area contributed by atoms with E-state index in [1.54, 1.807) is 35.6 Å².